The third kappa shape index (κ3) is 2.85. The van der Waals surface area contributed by atoms with Crippen LogP contribution < -0.4 is 5.32 Å². The highest BCUT2D eigenvalue weighted by Gasteiger charge is 2.26. The number of carbonyl (C=O) groups is 2. The summed E-state index contributed by atoms with van der Waals surface area (Å²) in [5.41, 5.74) is 0. The molecule has 1 heterocycles. The fourth-order valence-electron chi connectivity index (χ4n) is 1.34. The van der Waals surface area contributed by atoms with Gasteiger partial charge in [0.1, 0.15) is 5.88 Å². The van der Waals surface area contributed by atoms with E-state index in [2.05, 4.69) is 5.32 Å². The highest BCUT2D eigenvalue weighted by atomic mass is 35.5. The van der Waals surface area contributed by atoms with E-state index >= 15 is 0 Å². The molecule has 0 spiro atoms. The third-order valence-electron chi connectivity index (χ3n) is 2.13. The molecule has 1 saturated heterocycles. The fourth-order valence-corrected chi connectivity index (χ4v) is 1.40. The number of nitrogens with zero attached hydrogens (tertiary/aromatic N) is 1. The van der Waals surface area contributed by atoms with Gasteiger partial charge in [-0.05, 0) is 6.42 Å². The molecule has 1 fully saturated rings. The number of imide groups is 1. The number of carbonyl (C=O) groups excluding carboxylic acids is 2. The molecule has 1 atom stereocenters. The van der Waals surface area contributed by atoms with Crippen LogP contribution >= 0.6 is 11.6 Å². The molecule has 0 aromatic heterocycles. The maximum absolute atomic E-state index is 11.4. The van der Waals surface area contributed by atoms with Gasteiger partial charge >= 0.3 is 6.03 Å². The molecule has 0 saturated carbocycles. The Kier molecular flexibility index (Phi) is 4.16. The summed E-state index contributed by atoms with van der Waals surface area (Å²) in [5.74, 6) is -0.676. The number of urea groups is 1. The highest BCUT2D eigenvalue weighted by Crippen LogP contribution is 2.11. The normalized spacial score (nSPS) is 21.0. The fraction of sp³-hybridized carbons (Fsp3) is 0.750. The van der Waals surface area contributed by atoms with Crippen molar-refractivity contribution in [2.75, 3.05) is 26.1 Å². The second-order valence-corrected chi connectivity index (χ2v) is 3.35. The predicted molar refractivity (Wildman–Crippen MR) is 51.2 cm³/mol. The summed E-state index contributed by atoms with van der Waals surface area (Å²) in [6.07, 6.45) is 0.880. The third-order valence-corrected chi connectivity index (χ3v) is 2.38. The molecule has 1 N–H and O–H groups in total. The minimum Gasteiger partial charge on any atom is -0.380 e. The number of alkyl halides is 1. The number of nitrogens with one attached hydrogen (secondary N) is 1. The monoisotopic (exact) mass is 220 g/mol. The number of ether oxygens (including phenoxy) is 1. The molecular weight excluding hydrogens is 208 g/mol. The SMILES string of the molecule is COC1CCN(C(=O)NC(=O)CCl)C1. The van der Waals surface area contributed by atoms with E-state index in [9.17, 15) is 9.59 Å². The Bertz CT molecular complexity index is 235. The van der Waals surface area contributed by atoms with Crippen LogP contribution in [0.4, 0.5) is 4.79 Å². The minimum absolute atomic E-state index is 0.0758. The van der Waals surface area contributed by atoms with Crippen LogP contribution in [0.15, 0.2) is 0 Å². The van der Waals surface area contributed by atoms with Crippen molar-refractivity contribution in [2.24, 2.45) is 0 Å². The van der Waals surface area contributed by atoms with Crippen molar-refractivity contribution < 1.29 is 14.3 Å². The summed E-state index contributed by atoms with van der Waals surface area (Å²) in [6.45, 7) is 1.14. The summed E-state index contributed by atoms with van der Waals surface area (Å²) in [7, 11) is 1.61. The summed E-state index contributed by atoms with van der Waals surface area (Å²) >= 11 is 5.25. The molecule has 0 aromatic rings. The van der Waals surface area contributed by atoms with Crippen LogP contribution in [0.25, 0.3) is 0 Å². The molecule has 1 unspecified atom stereocenters. The van der Waals surface area contributed by atoms with Crippen molar-refractivity contribution in [3.63, 3.8) is 0 Å². The molecule has 0 bridgehead atoms. The van der Waals surface area contributed by atoms with Gasteiger partial charge in [-0.2, -0.15) is 0 Å². The second kappa shape index (κ2) is 5.17. The van der Waals surface area contributed by atoms with E-state index in [0.29, 0.717) is 13.1 Å². The van der Waals surface area contributed by atoms with Gasteiger partial charge in [-0.15, -0.1) is 11.6 Å². The van der Waals surface area contributed by atoms with Crippen molar-refractivity contribution in [2.45, 2.75) is 12.5 Å². The van der Waals surface area contributed by atoms with Crippen molar-refractivity contribution in [3.05, 3.63) is 0 Å². The van der Waals surface area contributed by atoms with E-state index in [1.165, 1.54) is 0 Å². The van der Waals surface area contributed by atoms with Gasteiger partial charge in [0, 0.05) is 20.2 Å². The molecule has 3 amide bonds. The molecule has 1 aliphatic heterocycles. The zero-order valence-corrected chi connectivity index (χ0v) is 8.71. The van der Waals surface area contributed by atoms with Crippen LogP contribution in [0.1, 0.15) is 6.42 Å². The Morgan fingerprint density at radius 3 is 2.86 bits per heavy atom. The van der Waals surface area contributed by atoms with Gasteiger partial charge in [-0.25, -0.2) is 4.79 Å². The summed E-state index contributed by atoms with van der Waals surface area (Å²) in [4.78, 5) is 23.7. The number of rotatable bonds is 2. The Morgan fingerprint density at radius 1 is 1.64 bits per heavy atom. The summed E-state index contributed by atoms with van der Waals surface area (Å²) in [6, 6.07) is -0.393. The van der Waals surface area contributed by atoms with E-state index in [1.807, 2.05) is 0 Å². The van der Waals surface area contributed by atoms with E-state index in [-0.39, 0.29) is 12.0 Å². The summed E-state index contributed by atoms with van der Waals surface area (Å²) in [5, 5.41) is 2.18. The van der Waals surface area contributed by atoms with Gasteiger partial charge in [-0.1, -0.05) is 0 Å². The Balaban J connectivity index is 2.35. The molecule has 1 aliphatic rings. The molecule has 6 heteroatoms. The number of likely N-dealkylation sites (tertiary alicyclic amines) is 1. The highest BCUT2D eigenvalue weighted by molar-refractivity contribution is 6.28. The van der Waals surface area contributed by atoms with Crippen LogP contribution in [0.3, 0.4) is 0 Å². The zero-order valence-electron chi connectivity index (χ0n) is 7.96. The average Bonchev–Trinajstić information content (AvgIpc) is 2.65. The lowest BCUT2D eigenvalue weighted by molar-refractivity contribution is -0.117. The first-order chi connectivity index (χ1) is 6.67. The molecule has 1 rings (SSSR count). The predicted octanol–water partition coefficient (Wildman–Crippen LogP) is 0.182. The van der Waals surface area contributed by atoms with Crippen molar-refractivity contribution in [1.82, 2.24) is 10.2 Å². The Labute approximate surface area is 87.3 Å². The first kappa shape index (κ1) is 11.3. The maximum Gasteiger partial charge on any atom is 0.324 e. The number of methoxy groups -OCH3 is 1. The van der Waals surface area contributed by atoms with Gasteiger partial charge in [0.15, 0.2) is 0 Å². The smallest absolute Gasteiger partial charge is 0.324 e. The van der Waals surface area contributed by atoms with Crippen molar-refractivity contribution in [1.29, 1.82) is 0 Å². The van der Waals surface area contributed by atoms with E-state index in [0.717, 1.165) is 6.42 Å². The molecule has 0 aromatic carbocycles. The average molecular weight is 221 g/mol. The largest absolute Gasteiger partial charge is 0.380 e. The van der Waals surface area contributed by atoms with Crippen LogP contribution in [0.5, 0.6) is 0 Å². The van der Waals surface area contributed by atoms with Gasteiger partial charge in [0.2, 0.25) is 5.91 Å². The van der Waals surface area contributed by atoms with Crippen molar-refractivity contribution in [3.8, 4) is 0 Å². The van der Waals surface area contributed by atoms with Crippen molar-refractivity contribution >= 4 is 23.5 Å². The molecule has 80 valence electrons. The molecule has 14 heavy (non-hydrogen) atoms. The Morgan fingerprint density at radius 2 is 2.36 bits per heavy atom. The molecular formula is C8H13ClN2O3. The number of amides is 3. The number of hydrogen-bond donors (Lipinski definition) is 1. The quantitative estimate of drug-likeness (QED) is 0.676. The summed E-state index contributed by atoms with van der Waals surface area (Å²) < 4.78 is 5.09. The lowest BCUT2D eigenvalue weighted by Gasteiger charge is -2.15. The molecule has 0 radical (unpaired) electrons. The van der Waals surface area contributed by atoms with Gasteiger partial charge < -0.3 is 9.64 Å². The second-order valence-electron chi connectivity index (χ2n) is 3.08. The van der Waals surface area contributed by atoms with E-state index in [1.54, 1.807) is 12.0 Å². The van der Waals surface area contributed by atoms with Gasteiger partial charge in [0.05, 0.1) is 6.10 Å². The van der Waals surface area contributed by atoms with Crippen LogP contribution in [0.2, 0.25) is 0 Å². The zero-order chi connectivity index (χ0) is 10.6. The lowest BCUT2D eigenvalue weighted by Crippen LogP contribution is -2.42. The molecule has 5 nitrogen and oxygen atoms in total. The van der Waals surface area contributed by atoms with Crippen LogP contribution in [0, 0.1) is 0 Å². The number of halogens is 1. The van der Waals surface area contributed by atoms with E-state index < -0.39 is 11.9 Å². The Hall–Kier alpha value is -0.810. The van der Waals surface area contributed by atoms with Gasteiger partial charge in [-0.3, -0.25) is 10.1 Å². The maximum atomic E-state index is 11.4. The van der Waals surface area contributed by atoms with E-state index in [4.69, 9.17) is 16.3 Å². The first-order valence-corrected chi connectivity index (χ1v) is 4.88. The lowest BCUT2D eigenvalue weighted by atomic mass is 10.3. The van der Waals surface area contributed by atoms with Crippen LogP contribution in [-0.4, -0.2) is 49.0 Å². The standard InChI is InChI=1S/C8H13ClN2O3/c1-14-6-2-3-11(5-6)8(13)10-7(12)4-9/h6H,2-5H2,1H3,(H,10,12,13). The number of hydrogen-bond acceptors (Lipinski definition) is 3. The molecule has 0 aliphatic carbocycles. The van der Waals surface area contributed by atoms with Crippen LogP contribution in [-0.2, 0) is 9.53 Å². The first-order valence-electron chi connectivity index (χ1n) is 4.35. The topological polar surface area (TPSA) is 58.6 Å². The minimum atomic E-state index is -0.475. The van der Waals surface area contributed by atoms with Gasteiger partial charge in [0.25, 0.3) is 0 Å².